The minimum absolute atomic E-state index is 0.0976. The van der Waals surface area contributed by atoms with Gasteiger partial charge in [0, 0.05) is 19.6 Å². The number of carbonyl (C=O) groups is 1. The van der Waals surface area contributed by atoms with Crippen LogP contribution in [0.15, 0.2) is 36.5 Å². The van der Waals surface area contributed by atoms with Gasteiger partial charge in [-0.3, -0.25) is 13.8 Å². The van der Waals surface area contributed by atoms with Crippen LogP contribution in [0, 0.1) is 0 Å². The van der Waals surface area contributed by atoms with Gasteiger partial charge in [0.25, 0.3) is 0 Å². The zero-order chi connectivity index (χ0) is 31.0. The number of phosphoric acid groups is 1. The minimum atomic E-state index is -4.26. The van der Waals surface area contributed by atoms with Gasteiger partial charge < -0.3 is 20.1 Å². The highest BCUT2D eigenvalue weighted by molar-refractivity contribution is 7.47. The predicted molar refractivity (Wildman–Crippen MR) is 173 cm³/mol. The Bertz CT molecular complexity index is 742. The molecule has 2 atom stereocenters. The van der Waals surface area contributed by atoms with Crippen LogP contribution in [0.4, 0.5) is 0 Å². The van der Waals surface area contributed by atoms with E-state index in [9.17, 15) is 14.3 Å². The van der Waals surface area contributed by atoms with Crippen LogP contribution in [0.2, 0.25) is 0 Å². The third kappa shape index (κ3) is 30.2. The molecule has 8 nitrogen and oxygen atoms in total. The Labute approximate surface area is 257 Å². The first-order valence-electron chi connectivity index (χ1n) is 16.5. The van der Waals surface area contributed by atoms with Crippen molar-refractivity contribution in [3.8, 4) is 0 Å². The van der Waals surface area contributed by atoms with Crippen LogP contribution in [0.3, 0.4) is 0 Å². The number of ether oxygens (including phenoxy) is 2. The fraction of sp³-hybridized carbons (Fsp3) is 0.788. The molecule has 0 saturated carbocycles. The summed E-state index contributed by atoms with van der Waals surface area (Å²) in [5.74, 6) is -0.345. The largest absolute Gasteiger partial charge is 0.472 e. The van der Waals surface area contributed by atoms with E-state index in [-0.39, 0.29) is 32.3 Å². The fourth-order valence-electron chi connectivity index (χ4n) is 4.18. The van der Waals surface area contributed by atoms with Crippen molar-refractivity contribution >= 4 is 13.8 Å². The van der Waals surface area contributed by atoms with Crippen molar-refractivity contribution in [1.82, 2.24) is 0 Å². The summed E-state index contributed by atoms with van der Waals surface area (Å²) in [6.07, 6.45) is 31.7. The predicted octanol–water partition coefficient (Wildman–Crippen LogP) is 8.74. The van der Waals surface area contributed by atoms with E-state index in [1.54, 1.807) is 0 Å². The Morgan fingerprint density at radius 3 is 2.00 bits per heavy atom. The Morgan fingerprint density at radius 2 is 1.33 bits per heavy atom. The summed E-state index contributed by atoms with van der Waals surface area (Å²) in [4.78, 5) is 22.1. The van der Waals surface area contributed by atoms with Crippen molar-refractivity contribution in [1.29, 1.82) is 0 Å². The second-order valence-electron chi connectivity index (χ2n) is 10.6. The smallest absolute Gasteiger partial charge is 0.457 e. The number of rotatable bonds is 31. The highest BCUT2D eigenvalue weighted by Crippen LogP contribution is 2.43. The van der Waals surface area contributed by atoms with Crippen molar-refractivity contribution in [2.24, 2.45) is 5.73 Å². The molecule has 0 aliphatic rings. The Balaban J connectivity index is 4.10. The normalized spacial score (nSPS) is 14.3. The Hall–Kier alpha value is -1.28. The van der Waals surface area contributed by atoms with E-state index >= 15 is 0 Å². The number of esters is 1. The Morgan fingerprint density at radius 1 is 0.738 bits per heavy atom. The van der Waals surface area contributed by atoms with E-state index in [1.165, 1.54) is 44.9 Å². The van der Waals surface area contributed by atoms with Crippen LogP contribution in [0.1, 0.15) is 129 Å². The maximum atomic E-state index is 12.4. The van der Waals surface area contributed by atoms with E-state index in [1.807, 2.05) is 0 Å². The monoisotopic (exact) mass is 615 g/mol. The molecule has 0 aliphatic carbocycles. The molecule has 0 bridgehead atoms. The first-order chi connectivity index (χ1) is 20.4. The summed E-state index contributed by atoms with van der Waals surface area (Å²) in [5, 5.41) is 0. The highest BCUT2D eigenvalue weighted by Gasteiger charge is 2.25. The molecule has 3 N–H and O–H groups in total. The van der Waals surface area contributed by atoms with Crippen molar-refractivity contribution in [3.63, 3.8) is 0 Å². The third-order valence-electron chi connectivity index (χ3n) is 6.57. The summed E-state index contributed by atoms with van der Waals surface area (Å²) < 4.78 is 33.0. The third-order valence-corrected chi connectivity index (χ3v) is 7.56. The van der Waals surface area contributed by atoms with Crippen molar-refractivity contribution in [2.45, 2.75) is 136 Å². The van der Waals surface area contributed by atoms with Crippen molar-refractivity contribution in [3.05, 3.63) is 36.5 Å². The molecule has 0 fully saturated rings. The van der Waals surface area contributed by atoms with Crippen molar-refractivity contribution < 1.29 is 32.8 Å². The lowest BCUT2D eigenvalue weighted by Gasteiger charge is -2.20. The molecule has 246 valence electrons. The van der Waals surface area contributed by atoms with Gasteiger partial charge in [-0.25, -0.2) is 4.57 Å². The molecular weight excluding hydrogens is 553 g/mol. The lowest BCUT2D eigenvalue weighted by molar-refractivity contribution is -0.154. The summed E-state index contributed by atoms with van der Waals surface area (Å²) in [6.45, 7) is 4.71. The van der Waals surface area contributed by atoms with Gasteiger partial charge in [-0.15, -0.1) is 0 Å². The highest BCUT2D eigenvalue weighted by atomic mass is 31.2. The van der Waals surface area contributed by atoms with E-state index in [4.69, 9.17) is 24.3 Å². The van der Waals surface area contributed by atoms with Gasteiger partial charge in [0.2, 0.25) is 0 Å². The number of carbonyl (C=O) groups excluding carboxylic acids is 1. The number of hydrogen-bond acceptors (Lipinski definition) is 7. The zero-order valence-corrected chi connectivity index (χ0v) is 27.6. The maximum Gasteiger partial charge on any atom is 0.472 e. The number of unbranched alkanes of at least 4 members (excludes halogenated alkanes) is 12. The average Bonchev–Trinajstić information content (AvgIpc) is 2.97. The summed E-state index contributed by atoms with van der Waals surface area (Å²) in [5.41, 5.74) is 5.32. The molecule has 0 aliphatic heterocycles. The molecule has 0 aromatic carbocycles. The SMILES string of the molecule is CC/C=C\C/C=C\C/C=C\CCCCCCCCOCC(COP(=O)(O)OCCN)OC(=O)CCCCCCCCC. The van der Waals surface area contributed by atoms with Gasteiger partial charge in [-0.1, -0.05) is 115 Å². The summed E-state index contributed by atoms with van der Waals surface area (Å²) in [7, 11) is -4.26. The summed E-state index contributed by atoms with van der Waals surface area (Å²) in [6, 6.07) is 0. The zero-order valence-electron chi connectivity index (χ0n) is 26.7. The van der Waals surface area contributed by atoms with Gasteiger partial charge in [-0.2, -0.15) is 0 Å². The number of phosphoric ester groups is 1. The van der Waals surface area contributed by atoms with Crippen LogP contribution in [0.25, 0.3) is 0 Å². The number of allylic oxidation sites excluding steroid dienone is 6. The van der Waals surface area contributed by atoms with E-state index < -0.39 is 13.9 Å². The number of hydrogen-bond donors (Lipinski definition) is 2. The van der Waals surface area contributed by atoms with Crippen LogP contribution in [0.5, 0.6) is 0 Å². The van der Waals surface area contributed by atoms with Crippen LogP contribution < -0.4 is 5.73 Å². The quantitative estimate of drug-likeness (QED) is 0.0344. The second kappa shape index (κ2) is 31.2. The second-order valence-corrected chi connectivity index (χ2v) is 12.1. The van der Waals surface area contributed by atoms with Crippen molar-refractivity contribution in [2.75, 3.05) is 33.0 Å². The fourth-order valence-corrected chi connectivity index (χ4v) is 4.95. The molecule has 0 aromatic heterocycles. The molecule has 9 heteroatoms. The van der Waals surface area contributed by atoms with Crippen LogP contribution in [-0.4, -0.2) is 49.9 Å². The minimum Gasteiger partial charge on any atom is -0.457 e. The maximum absolute atomic E-state index is 12.4. The lowest BCUT2D eigenvalue weighted by atomic mass is 10.1. The Kier molecular flexibility index (Phi) is 30.2. The van der Waals surface area contributed by atoms with E-state index in [0.29, 0.717) is 13.0 Å². The standard InChI is InChI=1S/C33H62NO7P/c1-3-5-7-9-11-12-13-14-15-16-17-18-19-21-23-25-28-38-30-32(31-40-42(36,37)39-29-27-34)41-33(35)26-24-22-20-10-8-6-4-2/h5,7,11-12,14-15,32H,3-4,6,8-10,13,16-31,34H2,1-2H3,(H,36,37)/b7-5-,12-11-,15-14-. The van der Waals surface area contributed by atoms with Gasteiger partial charge in [0.1, 0.15) is 6.10 Å². The lowest BCUT2D eigenvalue weighted by Crippen LogP contribution is -2.28. The molecule has 0 amide bonds. The van der Waals surface area contributed by atoms with Gasteiger partial charge in [0.05, 0.1) is 19.8 Å². The molecule has 0 spiro atoms. The van der Waals surface area contributed by atoms with Crippen LogP contribution >= 0.6 is 7.82 Å². The molecule has 0 radical (unpaired) electrons. The first-order valence-corrected chi connectivity index (χ1v) is 18.0. The van der Waals surface area contributed by atoms with Gasteiger partial charge in [0.15, 0.2) is 0 Å². The molecule has 0 rings (SSSR count). The molecule has 42 heavy (non-hydrogen) atoms. The van der Waals surface area contributed by atoms with Crippen LogP contribution in [-0.2, 0) is 27.9 Å². The molecule has 0 aromatic rings. The van der Waals surface area contributed by atoms with E-state index in [0.717, 1.165) is 64.2 Å². The first kappa shape index (κ1) is 40.7. The molecule has 2 unspecified atom stereocenters. The van der Waals surface area contributed by atoms with Gasteiger partial charge in [-0.05, 0) is 44.9 Å². The average molecular weight is 616 g/mol. The molecule has 0 heterocycles. The molecular formula is C33H62NO7P. The summed E-state index contributed by atoms with van der Waals surface area (Å²) >= 11 is 0. The van der Waals surface area contributed by atoms with E-state index in [2.05, 4.69) is 50.3 Å². The number of nitrogens with two attached hydrogens (primary N) is 1. The topological polar surface area (TPSA) is 117 Å². The van der Waals surface area contributed by atoms with Gasteiger partial charge >= 0.3 is 13.8 Å². The molecule has 0 saturated heterocycles.